The van der Waals surface area contributed by atoms with E-state index >= 15 is 0 Å². The molecule has 0 saturated carbocycles. The average molecular weight is 218 g/mol. The third-order valence-corrected chi connectivity index (χ3v) is 2.41. The molecule has 0 radical (unpaired) electrons. The first kappa shape index (κ1) is 8.78. The highest BCUT2D eigenvalue weighted by molar-refractivity contribution is 6.20. The van der Waals surface area contributed by atoms with E-state index in [4.69, 9.17) is 0 Å². The van der Waals surface area contributed by atoms with Gasteiger partial charge in [0, 0.05) is 0 Å². The zero-order valence-electron chi connectivity index (χ0n) is 7.60. The normalized spacial score (nSPS) is 17.0. The molecule has 0 fully saturated rings. The molecule has 0 aliphatic carbocycles. The minimum absolute atomic E-state index is 0.0594. The molecule has 2 aliphatic heterocycles. The van der Waals surface area contributed by atoms with Crippen molar-refractivity contribution in [3.63, 3.8) is 0 Å². The van der Waals surface area contributed by atoms with Crippen molar-refractivity contribution in [2.45, 2.75) is 0 Å². The van der Waals surface area contributed by atoms with E-state index in [1.165, 1.54) is 12.1 Å². The summed E-state index contributed by atoms with van der Waals surface area (Å²) in [5, 5.41) is 0. The number of carbonyl (C=O) groups excluding carboxylic acids is 4. The predicted octanol–water partition coefficient (Wildman–Crippen LogP) is 0.308. The second kappa shape index (κ2) is 2.54. The Bertz CT molecular complexity index is 497. The van der Waals surface area contributed by atoms with Gasteiger partial charge in [-0.05, 0) is 12.1 Å². The number of esters is 4. The Morgan fingerprint density at radius 1 is 0.562 bits per heavy atom. The number of ether oxygens (including phenoxy) is 2. The second-order valence-corrected chi connectivity index (χ2v) is 3.30. The van der Waals surface area contributed by atoms with E-state index < -0.39 is 23.9 Å². The van der Waals surface area contributed by atoms with Crippen LogP contribution in [0.15, 0.2) is 12.1 Å². The summed E-state index contributed by atoms with van der Waals surface area (Å²) in [7, 11) is 0. The lowest BCUT2D eigenvalue weighted by molar-refractivity contribution is 0.0314. The van der Waals surface area contributed by atoms with Gasteiger partial charge in [-0.25, -0.2) is 19.2 Å². The minimum Gasteiger partial charge on any atom is -0.386 e. The Balaban J connectivity index is 2.42. The SMILES string of the molecule is O=C1OC(=O)c2cc1c1cc2C(=O)OC1=O. The van der Waals surface area contributed by atoms with Crippen LogP contribution in [-0.2, 0) is 9.47 Å². The molecule has 4 bridgehead atoms. The summed E-state index contributed by atoms with van der Waals surface area (Å²) in [5.41, 5.74) is -0.238. The lowest BCUT2D eigenvalue weighted by Gasteiger charge is -2.20. The van der Waals surface area contributed by atoms with Gasteiger partial charge in [0.2, 0.25) is 0 Å². The predicted molar refractivity (Wildman–Crippen MR) is 45.9 cm³/mol. The highest BCUT2D eigenvalue weighted by atomic mass is 16.6. The molecule has 1 aromatic rings. The quantitative estimate of drug-likeness (QED) is 0.460. The van der Waals surface area contributed by atoms with Crippen LogP contribution in [0.1, 0.15) is 41.4 Å². The summed E-state index contributed by atoms with van der Waals surface area (Å²) in [6.45, 7) is 0. The Kier molecular flexibility index (Phi) is 1.40. The number of rotatable bonds is 0. The number of hydrogen-bond acceptors (Lipinski definition) is 6. The standard InChI is InChI=1S/C10H2O6/c11-7-3-1-4(8(12)15-7)6-2-5(3)9(13)16-10(6)14/h1-2H. The van der Waals surface area contributed by atoms with Crippen molar-refractivity contribution in [2.75, 3.05) is 0 Å². The molecular formula is C10H2O6. The maximum Gasteiger partial charge on any atom is 0.346 e. The van der Waals surface area contributed by atoms with Gasteiger partial charge in [0.1, 0.15) is 0 Å². The third kappa shape index (κ3) is 0.902. The fourth-order valence-corrected chi connectivity index (χ4v) is 1.66. The molecular weight excluding hydrogens is 216 g/mol. The van der Waals surface area contributed by atoms with Crippen molar-refractivity contribution in [2.24, 2.45) is 0 Å². The number of cyclic esters (lactones) is 4. The van der Waals surface area contributed by atoms with Crippen LogP contribution in [0, 0.1) is 0 Å². The number of carbonyl (C=O) groups is 4. The summed E-state index contributed by atoms with van der Waals surface area (Å²) in [6.07, 6.45) is 0. The lowest BCUT2D eigenvalue weighted by Crippen LogP contribution is -2.30. The van der Waals surface area contributed by atoms with Crippen molar-refractivity contribution >= 4 is 23.9 Å². The molecule has 0 atom stereocenters. The largest absolute Gasteiger partial charge is 0.386 e. The van der Waals surface area contributed by atoms with Crippen molar-refractivity contribution in [3.8, 4) is 0 Å². The molecule has 2 aliphatic rings. The summed E-state index contributed by atoms with van der Waals surface area (Å²) in [4.78, 5) is 45.1. The van der Waals surface area contributed by atoms with Gasteiger partial charge in [0.15, 0.2) is 0 Å². The van der Waals surface area contributed by atoms with E-state index in [2.05, 4.69) is 9.47 Å². The van der Waals surface area contributed by atoms with E-state index in [0.29, 0.717) is 0 Å². The minimum atomic E-state index is -0.912. The molecule has 0 saturated heterocycles. The van der Waals surface area contributed by atoms with E-state index in [1.54, 1.807) is 0 Å². The van der Waals surface area contributed by atoms with Gasteiger partial charge in [-0.1, -0.05) is 0 Å². The summed E-state index contributed by atoms with van der Waals surface area (Å²) in [6, 6.07) is 2.36. The highest BCUT2D eigenvalue weighted by Crippen LogP contribution is 2.28. The zero-order chi connectivity index (χ0) is 11.4. The summed E-state index contributed by atoms with van der Waals surface area (Å²) >= 11 is 0. The molecule has 0 unspecified atom stereocenters. The van der Waals surface area contributed by atoms with Gasteiger partial charge in [0.25, 0.3) is 0 Å². The molecule has 2 heterocycles. The van der Waals surface area contributed by atoms with E-state index in [0.717, 1.165) is 0 Å². The molecule has 3 rings (SSSR count). The Morgan fingerprint density at radius 2 is 0.812 bits per heavy atom. The Labute approximate surface area is 87.8 Å². The van der Waals surface area contributed by atoms with Crippen molar-refractivity contribution < 1.29 is 28.7 Å². The van der Waals surface area contributed by atoms with Crippen molar-refractivity contribution in [3.05, 3.63) is 34.4 Å². The van der Waals surface area contributed by atoms with Crippen LogP contribution in [0.3, 0.4) is 0 Å². The first-order valence-corrected chi connectivity index (χ1v) is 4.29. The molecule has 16 heavy (non-hydrogen) atoms. The van der Waals surface area contributed by atoms with Crippen LogP contribution in [0.4, 0.5) is 0 Å². The fraction of sp³-hybridized carbons (Fsp3) is 0. The summed E-state index contributed by atoms with van der Waals surface area (Å²) in [5.74, 6) is -3.65. The first-order chi connectivity index (χ1) is 7.58. The van der Waals surface area contributed by atoms with Gasteiger partial charge in [-0.2, -0.15) is 0 Å². The molecule has 0 N–H and O–H groups in total. The number of hydrogen-bond donors (Lipinski definition) is 0. The van der Waals surface area contributed by atoms with Crippen LogP contribution in [0.5, 0.6) is 0 Å². The van der Waals surface area contributed by atoms with Crippen molar-refractivity contribution in [1.29, 1.82) is 0 Å². The molecule has 1 aromatic carbocycles. The lowest BCUT2D eigenvalue weighted by atomic mass is 9.95. The van der Waals surface area contributed by atoms with Crippen LogP contribution < -0.4 is 0 Å². The van der Waals surface area contributed by atoms with Gasteiger partial charge < -0.3 is 9.47 Å². The number of benzene rings is 1. The Hall–Kier alpha value is -2.50. The van der Waals surface area contributed by atoms with Crippen LogP contribution in [0.2, 0.25) is 0 Å². The van der Waals surface area contributed by atoms with Gasteiger partial charge in [0.05, 0.1) is 22.3 Å². The monoisotopic (exact) mass is 218 g/mol. The van der Waals surface area contributed by atoms with E-state index in [9.17, 15) is 19.2 Å². The Morgan fingerprint density at radius 3 is 1.06 bits per heavy atom. The smallest absolute Gasteiger partial charge is 0.346 e. The molecule has 6 heteroatoms. The van der Waals surface area contributed by atoms with Crippen LogP contribution in [0.25, 0.3) is 0 Å². The van der Waals surface area contributed by atoms with Gasteiger partial charge >= 0.3 is 23.9 Å². The maximum atomic E-state index is 11.3. The summed E-state index contributed by atoms with van der Waals surface area (Å²) < 4.78 is 8.76. The number of fused-ring (bicyclic) bond motifs is 6. The highest BCUT2D eigenvalue weighted by Gasteiger charge is 2.37. The van der Waals surface area contributed by atoms with Crippen molar-refractivity contribution in [1.82, 2.24) is 0 Å². The maximum absolute atomic E-state index is 11.3. The van der Waals surface area contributed by atoms with E-state index in [-0.39, 0.29) is 22.3 Å². The van der Waals surface area contributed by atoms with Crippen LogP contribution in [-0.4, -0.2) is 23.9 Å². The van der Waals surface area contributed by atoms with E-state index in [1.807, 2.05) is 0 Å². The fourth-order valence-electron chi connectivity index (χ4n) is 1.66. The second-order valence-electron chi connectivity index (χ2n) is 3.30. The molecule has 6 nitrogen and oxygen atoms in total. The molecule has 78 valence electrons. The topological polar surface area (TPSA) is 86.7 Å². The molecule has 0 amide bonds. The van der Waals surface area contributed by atoms with Gasteiger partial charge in [-0.15, -0.1) is 0 Å². The average Bonchev–Trinajstić information content (AvgIpc) is 2.23. The third-order valence-electron chi connectivity index (χ3n) is 2.41. The molecule has 0 aromatic heterocycles. The molecule has 0 spiro atoms. The first-order valence-electron chi connectivity index (χ1n) is 4.29. The van der Waals surface area contributed by atoms with Gasteiger partial charge in [-0.3, -0.25) is 0 Å². The van der Waals surface area contributed by atoms with Crippen LogP contribution >= 0.6 is 0 Å². The zero-order valence-corrected chi connectivity index (χ0v) is 7.60.